The summed E-state index contributed by atoms with van der Waals surface area (Å²) < 4.78 is 1.81. The number of nitrogens with zero attached hydrogens (tertiary/aromatic N) is 3. The molecule has 2 N–H and O–H groups in total. The Bertz CT molecular complexity index is 683. The van der Waals surface area contributed by atoms with Gasteiger partial charge in [-0.2, -0.15) is 5.10 Å². The molecule has 0 spiro atoms. The van der Waals surface area contributed by atoms with Gasteiger partial charge in [-0.1, -0.05) is 18.6 Å². The highest BCUT2D eigenvalue weighted by Crippen LogP contribution is 2.16. The van der Waals surface area contributed by atoms with E-state index in [1.54, 1.807) is 6.20 Å². The molecule has 1 aliphatic heterocycles. The van der Waals surface area contributed by atoms with Crippen LogP contribution in [-0.2, 0) is 6.54 Å². The fourth-order valence-electron chi connectivity index (χ4n) is 3.56. The van der Waals surface area contributed by atoms with Crippen LogP contribution in [-0.4, -0.2) is 46.4 Å². The van der Waals surface area contributed by atoms with E-state index in [-0.39, 0.29) is 6.03 Å². The van der Waals surface area contributed by atoms with E-state index in [2.05, 4.69) is 27.6 Å². The molecule has 1 aromatic carbocycles. The Morgan fingerprint density at radius 1 is 1.19 bits per heavy atom. The van der Waals surface area contributed by atoms with Gasteiger partial charge in [0, 0.05) is 31.5 Å². The molecular weight excluding hydrogens is 338 g/mol. The SMILES string of the molecule is CC1CCCCN1CCCCNC(=O)NCc1ccc(-n2cccn2)cc1. The van der Waals surface area contributed by atoms with E-state index in [9.17, 15) is 4.79 Å². The van der Waals surface area contributed by atoms with Gasteiger partial charge >= 0.3 is 6.03 Å². The van der Waals surface area contributed by atoms with Gasteiger partial charge in [0.25, 0.3) is 0 Å². The molecule has 1 aliphatic rings. The van der Waals surface area contributed by atoms with Gasteiger partial charge in [-0.25, -0.2) is 9.48 Å². The molecule has 6 heteroatoms. The lowest BCUT2D eigenvalue weighted by Gasteiger charge is -2.33. The molecule has 2 aromatic rings. The molecule has 1 unspecified atom stereocenters. The number of urea groups is 1. The number of hydrogen-bond acceptors (Lipinski definition) is 3. The zero-order valence-corrected chi connectivity index (χ0v) is 16.2. The lowest BCUT2D eigenvalue weighted by molar-refractivity contribution is 0.158. The van der Waals surface area contributed by atoms with Gasteiger partial charge < -0.3 is 15.5 Å². The maximum Gasteiger partial charge on any atom is 0.315 e. The first-order valence-corrected chi connectivity index (χ1v) is 10.1. The standard InChI is InChI=1S/C21H31N5O/c1-18-7-2-4-14-25(18)15-5-3-12-22-21(27)23-17-19-8-10-20(11-9-19)26-16-6-13-24-26/h6,8-11,13,16,18H,2-5,7,12,14-15,17H2,1H3,(H2,22,23,27). The second-order valence-corrected chi connectivity index (χ2v) is 7.31. The highest BCUT2D eigenvalue weighted by Gasteiger charge is 2.16. The first-order valence-electron chi connectivity index (χ1n) is 10.1. The van der Waals surface area contributed by atoms with Crippen molar-refractivity contribution in [2.45, 2.75) is 51.6 Å². The summed E-state index contributed by atoms with van der Waals surface area (Å²) in [5, 5.41) is 10.1. The first kappa shape index (κ1) is 19.4. The number of carbonyl (C=O) groups excluding carboxylic acids is 1. The number of carbonyl (C=O) groups is 1. The number of amides is 2. The van der Waals surface area contributed by atoms with Crippen LogP contribution in [0.4, 0.5) is 4.79 Å². The number of piperidine rings is 1. The third-order valence-corrected chi connectivity index (χ3v) is 5.26. The zero-order chi connectivity index (χ0) is 18.9. The van der Waals surface area contributed by atoms with Crippen LogP contribution in [0, 0.1) is 0 Å². The van der Waals surface area contributed by atoms with Crippen LogP contribution < -0.4 is 10.6 Å². The summed E-state index contributed by atoms with van der Waals surface area (Å²) in [6.07, 6.45) is 9.84. The number of aromatic nitrogens is 2. The van der Waals surface area contributed by atoms with E-state index in [1.165, 1.54) is 25.8 Å². The smallest absolute Gasteiger partial charge is 0.315 e. The normalized spacial score (nSPS) is 17.6. The summed E-state index contributed by atoms with van der Waals surface area (Å²) in [5.74, 6) is 0. The summed E-state index contributed by atoms with van der Waals surface area (Å²) in [6, 6.07) is 10.5. The lowest BCUT2D eigenvalue weighted by atomic mass is 10.0. The molecule has 3 rings (SSSR count). The molecule has 0 saturated carbocycles. The van der Waals surface area contributed by atoms with E-state index in [0.717, 1.165) is 43.2 Å². The highest BCUT2D eigenvalue weighted by atomic mass is 16.2. The quantitative estimate of drug-likeness (QED) is 0.702. The zero-order valence-electron chi connectivity index (χ0n) is 16.2. The number of unbranched alkanes of at least 4 members (excludes halogenated alkanes) is 1. The Hall–Kier alpha value is -2.34. The topological polar surface area (TPSA) is 62.2 Å². The maximum atomic E-state index is 11.9. The fourth-order valence-corrected chi connectivity index (χ4v) is 3.56. The van der Waals surface area contributed by atoms with E-state index in [4.69, 9.17) is 0 Å². The Morgan fingerprint density at radius 3 is 2.78 bits per heavy atom. The minimum atomic E-state index is -0.0995. The van der Waals surface area contributed by atoms with Crippen molar-refractivity contribution in [3.63, 3.8) is 0 Å². The summed E-state index contributed by atoms with van der Waals surface area (Å²) >= 11 is 0. The van der Waals surface area contributed by atoms with Gasteiger partial charge in [0.15, 0.2) is 0 Å². The monoisotopic (exact) mass is 369 g/mol. The molecule has 2 heterocycles. The van der Waals surface area contributed by atoms with Crippen LogP contribution in [0.2, 0.25) is 0 Å². The molecule has 1 fully saturated rings. The molecule has 0 aliphatic carbocycles. The number of hydrogen-bond donors (Lipinski definition) is 2. The van der Waals surface area contributed by atoms with Crippen molar-refractivity contribution in [2.24, 2.45) is 0 Å². The average Bonchev–Trinajstić information content (AvgIpc) is 3.23. The van der Waals surface area contributed by atoms with E-state index in [1.807, 2.05) is 41.2 Å². The van der Waals surface area contributed by atoms with Crippen molar-refractivity contribution in [2.75, 3.05) is 19.6 Å². The molecule has 146 valence electrons. The predicted octanol–water partition coefficient (Wildman–Crippen LogP) is 3.33. The predicted molar refractivity (Wildman–Crippen MR) is 108 cm³/mol. The van der Waals surface area contributed by atoms with E-state index in [0.29, 0.717) is 6.54 Å². The summed E-state index contributed by atoms with van der Waals surface area (Å²) in [6.45, 7) is 5.95. The van der Waals surface area contributed by atoms with Crippen molar-refractivity contribution in [1.29, 1.82) is 0 Å². The largest absolute Gasteiger partial charge is 0.338 e. The Labute approximate surface area is 161 Å². The van der Waals surface area contributed by atoms with E-state index < -0.39 is 0 Å². The van der Waals surface area contributed by atoms with Crippen LogP contribution in [0.3, 0.4) is 0 Å². The van der Waals surface area contributed by atoms with Crippen molar-refractivity contribution >= 4 is 6.03 Å². The van der Waals surface area contributed by atoms with Crippen molar-refractivity contribution in [1.82, 2.24) is 25.3 Å². The molecular formula is C21H31N5O. The molecule has 1 atom stereocenters. The third kappa shape index (κ3) is 6.10. The number of likely N-dealkylation sites (tertiary alicyclic amines) is 1. The average molecular weight is 370 g/mol. The van der Waals surface area contributed by atoms with Gasteiger partial charge in [0.2, 0.25) is 0 Å². The third-order valence-electron chi connectivity index (χ3n) is 5.26. The molecule has 1 aromatic heterocycles. The molecule has 2 amide bonds. The summed E-state index contributed by atoms with van der Waals surface area (Å²) in [5.41, 5.74) is 2.08. The number of nitrogens with one attached hydrogen (secondary N) is 2. The Balaban J connectivity index is 1.28. The number of rotatable bonds is 8. The molecule has 0 radical (unpaired) electrons. The summed E-state index contributed by atoms with van der Waals surface area (Å²) in [7, 11) is 0. The van der Waals surface area contributed by atoms with Crippen LogP contribution in [0.15, 0.2) is 42.7 Å². The molecule has 27 heavy (non-hydrogen) atoms. The van der Waals surface area contributed by atoms with Gasteiger partial charge in [-0.15, -0.1) is 0 Å². The van der Waals surface area contributed by atoms with E-state index >= 15 is 0 Å². The maximum absolute atomic E-state index is 11.9. The van der Waals surface area contributed by atoms with Crippen molar-refractivity contribution in [3.8, 4) is 5.69 Å². The van der Waals surface area contributed by atoms with Gasteiger partial charge in [0.1, 0.15) is 0 Å². The fraction of sp³-hybridized carbons (Fsp3) is 0.524. The van der Waals surface area contributed by atoms with Crippen LogP contribution in [0.25, 0.3) is 5.69 Å². The Kier molecular flexibility index (Phi) is 7.27. The first-order chi connectivity index (χ1) is 13.2. The minimum Gasteiger partial charge on any atom is -0.338 e. The second-order valence-electron chi connectivity index (χ2n) is 7.31. The minimum absolute atomic E-state index is 0.0995. The van der Waals surface area contributed by atoms with Gasteiger partial charge in [0.05, 0.1) is 5.69 Å². The summed E-state index contributed by atoms with van der Waals surface area (Å²) in [4.78, 5) is 14.5. The molecule has 6 nitrogen and oxygen atoms in total. The van der Waals surface area contributed by atoms with Crippen molar-refractivity contribution in [3.05, 3.63) is 48.3 Å². The Morgan fingerprint density at radius 2 is 2.04 bits per heavy atom. The molecule has 1 saturated heterocycles. The second kappa shape index (κ2) is 10.1. The van der Waals surface area contributed by atoms with Crippen LogP contribution >= 0.6 is 0 Å². The van der Waals surface area contributed by atoms with Crippen LogP contribution in [0.5, 0.6) is 0 Å². The van der Waals surface area contributed by atoms with Crippen LogP contribution in [0.1, 0.15) is 44.6 Å². The molecule has 0 bridgehead atoms. The number of benzene rings is 1. The van der Waals surface area contributed by atoms with Gasteiger partial charge in [-0.3, -0.25) is 0 Å². The highest BCUT2D eigenvalue weighted by molar-refractivity contribution is 5.73. The van der Waals surface area contributed by atoms with Gasteiger partial charge in [-0.05, 0) is 69.5 Å². The lowest BCUT2D eigenvalue weighted by Crippen LogP contribution is -2.38. The van der Waals surface area contributed by atoms with Crippen molar-refractivity contribution < 1.29 is 4.79 Å².